The van der Waals surface area contributed by atoms with Gasteiger partial charge in [0.15, 0.2) is 11.6 Å². The van der Waals surface area contributed by atoms with Gasteiger partial charge in [-0.25, -0.2) is 4.39 Å². The summed E-state index contributed by atoms with van der Waals surface area (Å²) >= 11 is 6.06. The Kier molecular flexibility index (Phi) is 4.44. The number of likely N-dealkylation sites (tertiary alicyclic amines) is 1. The van der Waals surface area contributed by atoms with Crippen LogP contribution in [0.2, 0.25) is 5.02 Å². The lowest BCUT2D eigenvalue weighted by molar-refractivity contribution is -0.152. The number of hydrogen-bond donors (Lipinski definition) is 1. The molecule has 1 aromatic carbocycles. The minimum Gasteiger partial charge on any atom is -0.492 e. The topological polar surface area (TPSA) is 84.9 Å². The number of amides is 2. The molecule has 0 radical (unpaired) electrons. The minimum absolute atomic E-state index is 0.0256. The predicted molar refractivity (Wildman–Crippen MR) is 89.0 cm³/mol. The first-order valence-electron chi connectivity index (χ1n) is 7.87. The van der Waals surface area contributed by atoms with E-state index in [0.717, 1.165) is 4.90 Å². The summed E-state index contributed by atoms with van der Waals surface area (Å²) in [6, 6.07) is 1.85. The second-order valence-corrected chi connectivity index (χ2v) is 6.98. The summed E-state index contributed by atoms with van der Waals surface area (Å²) in [5.41, 5.74) is -1.09. The van der Waals surface area contributed by atoms with Gasteiger partial charge < -0.3 is 9.47 Å². The van der Waals surface area contributed by atoms with E-state index in [-0.39, 0.29) is 10.8 Å². The second kappa shape index (κ2) is 6.21. The number of carbonyl (C=O) groups is 3. The van der Waals surface area contributed by atoms with Crippen LogP contribution in [0.15, 0.2) is 12.1 Å². The molecular formula is C17H18ClFN2O5. The number of methoxy groups -OCH3 is 2. The van der Waals surface area contributed by atoms with Gasteiger partial charge in [0.25, 0.3) is 0 Å². The van der Waals surface area contributed by atoms with Crippen molar-refractivity contribution in [1.82, 2.24) is 10.2 Å². The Morgan fingerprint density at radius 3 is 2.50 bits per heavy atom. The van der Waals surface area contributed by atoms with Crippen molar-refractivity contribution in [2.45, 2.75) is 18.5 Å². The van der Waals surface area contributed by atoms with E-state index in [4.69, 9.17) is 21.1 Å². The number of nitrogens with zero attached hydrogens (tertiary/aromatic N) is 1. The molecule has 7 nitrogen and oxygen atoms in total. The van der Waals surface area contributed by atoms with Crippen LogP contribution in [0, 0.1) is 17.7 Å². The van der Waals surface area contributed by atoms with Gasteiger partial charge in [0, 0.05) is 13.1 Å². The van der Waals surface area contributed by atoms with Gasteiger partial charge >= 0.3 is 5.97 Å². The number of imide groups is 1. The van der Waals surface area contributed by atoms with Crippen LogP contribution in [0.5, 0.6) is 5.75 Å². The maximum Gasteiger partial charge on any atom is 0.326 e. The zero-order valence-corrected chi connectivity index (χ0v) is 15.4. The Balaban J connectivity index is 2.13. The fraction of sp³-hybridized carbons (Fsp3) is 0.471. The maximum atomic E-state index is 14.3. The average Bonchev–Trinajstić information content (AvgIpc) is 3.04. The molecule has 2 amide bonds. The average molecular weight is 385 g/mol. The van der Waals surface area contributed by atoms with E-state index in [1.165, 1.54) is 40.3 Å². The normalized spacial score (nSPS) is 30.5. The van der Waals surface area contributed by atoms with Gasteiger partial charge in [0.2, 0.25) is 11.8 Å². The van der Waals surface area contributed by atoms with Gasteiger partial charge in [-0.05, 0) is 24.6 Å². The Hall–Kier alpha value is -2.19. The highest BCUT2D eigenvalue weighted by atomic mass is 35.5. The van der Waals surface area contributed by atoms with Gasteiger partial charge in [-0.15, -0.1) is 0 Å². The summed E-state index contributed by atoms with van der Waals surface area (Å²) in [6.45, 7) is 1.50. The summed E-state index contributed by atoms with van der Waals surface area (Å²) < 4.78 is 24.0. The molecule has 1 aromatic rings. The number of esters is 1. The molecule has 4 atom stereocenters. The molecule has 0 aliphatic carbocycles. The van der Waals surface area contributed by atoms with Crippen LogP contribution in [0.25, 0.3) is 0 Å². The first-order chi connectivity index (χ1) is 12.2. The zero-order valence-electron chi connectivity index (χ0n) is 14.6. The van der Waals surface area contributed by atoms with Gasteiger partial charge in [-0.2, -0.15) is 0 Å². The SMILES string of the molecule is COC(=O)[C@@]1(C)N[C@@H](c2cc(F)c(OC)c(Cl)c2)[C@H]2C(=O)N(C)C(=O)[C@H]21. The van der Waals surface area contributed by atoms with Crippen molar-refractivity contribution < 1.29 is 28.2 Å². The first-order valence-corrected chi connectivity index (χ1v) is 8.25. The van der Waals surface area contributed by atoms with Gasteiger partial charge in [0.1, 0.15) is 5.54 Å². The van der Waals surface area contributed by atoms with Crippen molar-refractivity contribution in [3.63, 3.8) is 0 Å². The lowest BCUT2D eigenvalue weighted by atomic mass is 9.80. The number of ether oxygens (including phenoxy) is 2. The Morgan fingerprint density at radius 1 is 1.31 bits per heavy atom. The third-order valence-corrected chi connectivity index (χ3v) is 5.48. The molecule has 26 heavy (non-hydrogen) atoms. The minimum atomic E-state index is -1.43. The third-order valence-electron chi connectivity index (χ3n) is 5.20. The van der Waals surface area contributed by atoms with E-state index < -0.39 is 47.0 Å². The van der Waals surface area contributed by atoms with Crippen LogP contribution in [-0.4, -0.2) is 49.5 Å². The zero-order chi connectivity index (χ0) is 19.4. The van der Waals surface area contributed by atoms with E-state index in [0.29, 0.717) is 5.56 Å². The van der Waals surface area contributed by atoms with Crippen LogP contribution >= 0.6 is 11.6 Å². The highest BCUT2D eigenvalue weighted by Crippen LogP contribution is 2.49. The highest BCUT2D eigenvalue weighted by Gasteiger charge is 2.66. The van der Waals surface area contributed by atoms with Crippen molar-refractivity contribution in [2.24, 2.45) is 11.8 Å². The predicted octanol–water partition coefficient (Wildman–Crippen LogP) is 1.29. The molecule has 2 heterocycles. The number of nitrogens with one attached hydrogen (secondary N) is 1. The van der Waals surface area contributed by atoms with Gasteiger partial charge in [-0.1, -0.05) is 11.6 Å². The van der Waals surface area contributed by atoms with Crippen LogP contribution < -0.4 is 10.1 Å². The van der Waals surface area contributed by atoms with E-state index in [1.54, 1.807) is 0 Å². The Morgan fingerprint density at radius 2 is 1.96 bits per heavy atom. The molecule has 0 spiro atoms. The lowest BCUT2D eigenvalue weighted by Gasteiger charge is -2.28. The summed E-state index contributed by atoms with van der Waals surface area (Å²) in [6.07, 6.45) is 0. The largest absolute Gasteiger partial charge is 0.492 e. The molecule has 2 saturated heterocycles. The third kappa shape index (κ3) is 2.39. The summed E-state index contributed by atoms with van der Waals surface area (Å²) in [5.74, 6) is -4.26. The maximum absolute atomic E-state index is 14.3. The van der Waals surface area contributed by atoms with Crippen LogP contribution in [0.4, 0.5) is 4.39 Å². The monoisotopic (exact) mass is 384 g/mol. The number of halogens is 2. The van der Waals surface area contributed by atoms with E-state index in [2.05, 4.69) is 5.32 Å². The fourth-order valence-electron chi connectivity index (χ4n) is 3.92. The van der Waals surface area contributed by atoms with Crippen molar-refractivity contribution in [3.8, 4) is 5.75 Å². The number of carbonyl (C=O) groups excluding carboxylic acids is 3. The number of hydrogen-bond acceptors (Lipinski definition) is 6. The molecule has 140 valence electrons. The van der Waals surface area contributed by atoms with Crippen molar-refractivity contribution >= 4 is 29.4 Å². The first kappa shape index (κ1) is 18.6. The standard InChI is InChI=1S/C17H18ClFN2O5/c1-17(16(24)26-4)11-10(14(22)21(2)15(11)23)12(20-17)7-5-8(18)13(25-3)9(19)6-7/h5-6,10-12,20H,1-4H3/t10-,11-,12-,17-/m0/s1. The molecule has 0 aromatic heterocycles. The molecule has 3 rings (SSSR count). The Labute approximate surface area is 154 Å². The van der Waals surface area contributed by atoms with Crippen LogP contribution in [0.3, 0.4) is 0 Å². The lowest BCUT2D eigenvalue weighted by Crippen LogP contribution is -2.53. The molecule has 0 bridgehead atoms. The summed E-state index contributed by atoms with van der Waals surface area (Å²) in [5, 5.41) is 3.03. The van der Waals surface area contributed by atoms with E-state index in [1.807, 2.05) is 0 Å². The smallest absolute Gasteiger partial charge is 0.326 e. The number of rotatable bonds is 3. The highest BCUT2D eigenvalue weighted by molar-refractivity contribution is 6.32. The number of fused-ring (bicyclic) bond motifs is 1. The Bertz CT molecular complexity index is 793. The second-order valence-electron chi connectivity index (χ2n) is 6.57. The molecule has 0 saturated carbocycles. The number of benzene rings is 1. The van der Waals surface area contributed by atoms with Crippen molar-refractivity contribution in [1.29, 1.82) is 0 Å². The van der Waals surface area contributed by atoms with Gasteiger partial charge in [-0.3, -0.25) is 24.6 Å². The molecule has 2 fully saturated rings. The van der Waals surface area contributed by atoms with Crippen LogP contribution in [-0.2, 0) is 19.1 Å². The van der Waals surface area contributed by atoms with Gasteiger partial charge in [0.05, 0.1) is 31.1 Å². The van der Waals surface area contributed by atoms with Crippen molar-refractivity contribution in [3.05, 3.63) is 28.5 Å². The quantitative estimate of drug-likeness (QED) is 0.624. The molecule has 9 heteroatoms. The summed E-state index contributed by atoms with van der Waals surface area (Å²) in [4.78, 5) is 38.6. The van der Waals surface area contributed by atoms with Crippen molar-refractivity contribution in [2.75, 3.05) is 21.3 Å². The molecular weight excluding hydrogens is 367 g/mol. The summed E-state index contributed by atoms with van der Waals surface area (Å²) in [7, 11) is 3.85. The van der Waals surface area contributed by atoms with E-state index >= 15 is 0 Å². The molecule has 0 unspecified atom stereocenters. The molecule has 1 N–H and O–H groups in total. The fourth-order valence-corrected chi connectivity index (χ4v) is 4.22. The van der Waals surface area contributed by atoms with Crippen LogP contribution in [0.1, 0.15) is 18.5 Å². The molecule has 2 aliphatic rings. The van der Waals surface area contributed by atoms with E-state index in [9.17, 15) is 18.8 Å². The molecule has 2 aliphatic heterocycles.